The third kappa shape index (κ3) is 5.45. The lowest BCUT2D eigenvalue weighted by Crippen LogP contribution is -2.37. The van der Waals surface area contributed by atoms with Crippen molar-refractivity contribution in [3.05, 3.63) is 53.2 Å². The van der Waals surface area contributed by atoms with Crippen LogP contribution in [0.4, 0.5) is 0 Å². The molecular formula is C24H29N2O7S-. The summed E-state index contributed by atoms with van der Waals surface area (Å²) in [5.41, 5.74) is 2.31. The average molecular weight is 490 g/mol. The van der Waals surface area contributed by atoms with Crippen LogP contribution in [0.15, 0.2) is 47.4 Å². The zero-order valence-electron chi connectivity index (χ0n) is 19.1. The van der Waals surface area contributed by atoms with E-state index >= 15 is 0 Å². The summed E-state index contributed by atoms with van der Waals surface area (Å²) >= 11 is 0. The first-order valence-corrected chi connectivity index (χ1v) is 12.8. The molecule has 0 unspecified atom stereocenters. The number of hydroxylamine groups is 1. The lowest BCUT2D eigenvalue weighted by atomic mass is 9.81. The molecule has 34 heavy (non-hydrogen) atoms. The standard InChI is InChI=1S/C24H29N2O7S/c1-31-20-8-4-18(5-9-20)16-26(15-17-2-6-19(7-3-17)24(27)25-28)34(29,30)21-10-11-22-23(14-21)33-13-12-32-22/h4-5,8-11,14,17,19H,2-3,6-7,12-13,15-16H2,1H3,(H-,25,27,28)/q-1. The SMILES string of the molecule is COc1ccc(CN(CC2CCC(C(=O)N[O-])CC2)S(=O)(=O)c2ccc3c(c2)OCCO3)cc1. The molecule has 1 saturated carbocycles. The topological polar surface area (TPSA) is 117 Å². The molecule has 1 heterocycles. The van der Waals surface area contributed by atoms with E-state index in [1.807, 2.05) is 12.1 Å². The van der Waals surface area contributed by atoms with Crippen molar-refractivity contribution in [3.63, 3.8) is 0 Å². The first-order chi connectivity index (χ1) is 16.4. The number of nitrogens with zero attached hydrogens (tertiary/aromatic N) is 1. The van der Waals surface area contributed by atoms with Crippen LogP contribution in [0.5, 0.6) is 17.2 Å². The maximum Gasteiger partial charge on any atom is 0.243 e. The van der Waals surface area contributed by atoms with E-state index in [1.54, 1.807) is 31.4 Å². The summed E-state index contributed by atoms with van der Waals surface area (Å²) in [4.78, 5) is 11.8. The predicted octanol–water partition coefficient (Wildman–Crippen LogP) is 3.08. The minimum Gasteiger partial charge on any atom is -0.759 e. The Morgan fingerprint density at radius 3 is 2.38 bits per heavy atom. The molecule has 0 bridgehead atoms. The molecule has 0 aromatic heterocycles. The molecule has 0 saturated heterocycles. The van der Waals surface area contributed by atoms with E-state index < -0.39 is 15.9 Å². The van der Waals surface area contributed by atoms with Crippen LogP contribution in [0.2, 0.25) is 0 Å². The second-order valence-electron chi connectivity index (χ2n) is 8.64. The number of hydrogen-bond acceptors (Lipinski definition) is 7. The van der Waals surface area contributed by atoms with Crippen molar-refractivity contribution in [1.29, 1.82) is 0 Å². The summed E-state index contributed by atoms with van der Waals surface area (Å²) < 4.78 is 45.3. The van der Waals surface area contributed by atoms with E-state index in [2.05, 4.69) is 0 Å². The van der Waals surface area contributed by atoms with E-state index in [-0.39, 0.29) is 23.3 Å². The third-order valence-electron chi connectivity index (χ3n) is 6.45. The van der Waals surface area contributed by atoms with Crippen LogP contribution in [0.3, 0.4) is 0 Å². The second kappa shape index (κ2) is 10.6. The Kier molecular flexibility index (Phi) is 7.60. The van der Waals surface area contributed by atoms with Gasteiger partial charge in [-0.05, 0) is 61.4 Å². The van der Waals surface area contributed by atoms with Gasteiger partial charge < -0.3 is 24.9 Å². The molecule has 1 fully saturated rings. The molecule has 0 atom stereocenters. The Morgan fingerprint density at radius 2 is 1.74 bits per heavy atom. The van der Waals surface area contributed by atoms with Crippen molar-refractivity contribution >= 4 is 15.9 Å². The smallest absolute Gasteiger partial charge is 0.243 e. The minimum atomic E-state index is -3.85. The summed E-state index contributed by atoms with van der Waals surface area (Å²) in [5, 5.41) is 10.7. The van der Waals surface area contributed by atoms with Gasteiger partial charge in [0.1, 0.15) is 19.0 Å². The summed E-state index contributed by atoms with van der Waals surface area (Å²) in [6, 6.07) is 12.0. The van der Waals surface area contributed by atoms with Crippen LogP contribution >= 0.6 is 0 Å². The van der Waals surface area contributed by atoms with Crippen LogP contribution in [0.1, 0.15) is 31.2 Å². The Labute approximate surface area is 199 Å². The van der Waals surface area contributed by atoms with E-state index in [1.165, 1.54) is 15.9 Å². The molecule has 10 heteroatoms. The van der Waals surface area contributed by atoms with Gasteiger partial charge in [-0.1, -0.05) is 12.1 Å². The molecule has 9 nitrogen and oxygen atoms in total. The second-order valence-corrected chi connectivity index (χ2v) is 10.6. The lowest BCUT2D eigenvalue weighted by molar-refractivity contribution is -0.125. The monoisotopic (exact) mass is 489 g/mol. The van der Waals surface area contributed by atoms with Crippen molar-refractivity contribution < 1.29 is 27.4 Å². The van der Waals surface area contributed by atoms with E-state index in [4.69, 9.17) is 14.2 Å². The number of fused-ring (bicyclic) bond motifs is 1. The number of rotatable bonds is 8. The van der Waals surface area contributed by atoms with E-state index in [0.717, 1.165) is 5.56 Å². The van der Waals surface area contributed by atoms with Gasteiger partial charge in [-0.15, -0.1) is 0 Å². The number of nitrogens with one attached hydrogen (secondary N) is 1. The number of benzene rings is 2. The predicted molar refractivity (Wildman–Crippen MR) is 125 cm³/mol. The van der Waals surface area contributed by atoms with Crippen molar-refractivity contribution in [2.45, 2.75) is 37.1 Å². The molecule has 2 aliphatic rings. The molecule has 0 radical (unpaired) electrons. The Hall–Kier alpha value is -2.82. The Balaban J connectivity index is 1.57. The fourth-order valence-electron chi connectivity index (χ4n) is 4.49. The normalized spacial score (nSPS) is 20.1. The molecule has 1 aliphatic heterocycles. The molecule has 2 aromatic rings. The number of carbonyl (C=O) groups is 1. The number of methoxy groups -OCH3 is 1. The van der Waals surface area contributed by atoms with E-state index in [9.17, 15) is 18.4 Å². The molecule has 2 aromatic carbocycles. The van der Waals surface area contributed by atoms with Gasteiger partial charge in [0.05, 0.1) is 12.0 Å². The minimum absolute atomic E-state index is 0.0842. The number of carbonyl (C=O) groups excluding carboxylic acids is 1. The average Bonchev–Trinajstić information content (AvgIpc) is 2.88. The van der Waals surface area contributed by atoms with Crippen molar-refractivity contribution in [2.75, 3.05) is 26.9 Å². The van der Waals surface area contributed by atoms with Gasteiger partial charge >= 0.3 is 0 Å². The third-order valence-corrected chi connectivity index (χ3v) is 8.26. The molecule has 4 rings (SSSR count). The summed E-state index contributed by atoms with van der Waals surface area (Å²) in [5.74, 6) is 0.930. The number of sulfonamides is 1. The first kappa shape index (κ1) is 24.3. The maximum atomic E-state index is 13.7. The lowest BCUT2D eigenvalue weighted by Gasteiger charge is -2.32. The molecule has 0 spiro atoms. The van der Waals surface area contributed by atoms with Crippen LogP contribution in [-0.2, 0) is 21.4 Å². The van der Waals surface area contributed by atoms with Gasteiger partial charge in [-0.2, -0.15) is 4.31 Å². The zero-order chi connectivity index (χ0) is 24.1. The van der Waals surface area contributed by atoms with Crippen molar-refractivity contribution in [3.8, 4) is 17.2 Å². The quantitative estimate of drug-likeness (QED) is 0.566. The van der Waals surface area contributed by atoms with Crippen molar-refractivity contribution in [1.82, 2.24) is 9.79 Å². The van der Waals surface area contributed by atoms with Gasteiger partial charge in [0.2, 0.25) is 15.9 Å². The summed E-state index contributed by atoms with van der Waals surface area (Å²) in [7, 11) is -2.26. The fourth-order valence-corrected chi connectivity index (χ4v) is 6.01. The highest BCUT2D eigenvalue weighted by Crippen LogP contribution is 2.35. The van der Waals surface area contributed by atoms with Gasteiger partial charge in [-0.25, -0.2) is 8.42 Å². The van der Waals surface area contributed by atoms with Crippen LogP contribution in [0, 0.1) is 17.0 Å². The van der Waals surface area contributed by atoms with Gasteiger partial charge in [0.25, 0.3) is 0 Å². The molecule has 1 N–H and O–H groups in total. The Morgan fingerprint density at radius 1 is 1.06 bits per heavy atom. The van der Waals surface area contributed by atoms with Crippen LogP contribution < -0.4 is 19.7 Å². The fraction of sp³-hybridized carbons (Fsp3) is 0.458. The largest absolute Gasteiger partial charge is 0.759 e. The van der Waals surface area contributed by atoms with Gasteiger partial charge in [-0.3, -0.25) is 4.79 Å². The summed E-state index contributed by atoms with van der Waals surface area (Å²) in [6.45, 7) is 1.30. The van der Waals surface area contributed by atoms with Crippen LogP contribution in [-0.4, -0.2) is 45.5 Å². The summed E-state index contributed by atoms with van der Waals surface area (Å²) in [6.07, 6.45) is 2.49. The number of ether oxygens (including phenoxy) is 3. The van der Waals surface area contributed by atoms with Crippen molar-refractivity contribution in [2.24, 2.45) is 11.8 Å². The first-order valence-electron chi connectivity index (χ1n) is 11.4. The Bertz CT molecular complexity index is 1100. The maximum absolute atomic E-state index is 13.7. The van der Waals surface area contributed by atoms with Gasteiger partial charge in [0.15, 0.2) is 11.5 Å². The van der Waals surface area contributed by atoms with Gasteiger partial charge in [0, 0.05) is 25.1 Å². The highest BCUT2D eigenvalue weighted by atomic mass is 32.2. The zero-order valence-corrected chi connectivity index (χ0v) is 19.9. The molecule has 184 valence electrons. The number of amides is 1. The van der Waals surface area contributed by atoms with E-state index in [0.29, 0.717) is 62.7 Å². The number of hydrogen-bond donors (Lipinski definition) is 1. The highest BCUT2D eigenvalue weighted by molar-refractivity contribution is 7.89. The highest BCUT2D eigenvalue weighted by Gasteiger charge is 2.32. The molecule has 1 amide bonds. The molecular weight excluding hydrogens is 460 g/mol. The molecule has 1 aliphatic carbocycles. The van der Waals surface area contributed by atoms with Crippen LogP contribution in [0.25, 0.3) is 0 Å².